The highest BCUT2D eigenvalue weighted by Crippen LogP contribution is 2.20. The topological polar surface area (TPSA) is 49.4 Å². The maximum atomic E-state index is 11.6. The second-order valence-corrected chi connectivity index (χ2v) is 5.25. The Balaban J connectivity index is 1.75. The summed E-state index contributed by atoms with van der Waals surface area (Å²) in [6.07, 6.45) is 6.03. The molecule has 1 unspecified atom stereocenters. The summed E-state index contributed by atoms with van der Waals surface area (Å²) in [6.45, 7) is 3.34. The van der Waals surface area contributed by atoms with E-state index in [1.807, 2.05) is 0 Å². The van der Waals surface area contributed by atoms with Crippen LogP contribution in [0.5, 0.6) is 0 Å². The predicted octanol–water partition coefficient (Wildman–Crippen LogP) is 1.10. The lowest BCUT2D eigenvalue weighted by molar-refractivity contribution is -0.125. The highest BCUT2D eigenvalue weighted by atomic mass is 16.1. The van der Waals surface area contributed by atoms with Gasteiger partial charge in [-0.05, 0) is 39.2 Å². The molecule has 2 aliphatic rings. The van der Waals surface area contributed by atoms with Crippen molar-refractivity contribution in [3.8, 4) is 0 Å². The Morgan fingerprint density at radius 3 is 2.65 bits per heavy atom. The van der Waals surface area contributed by atoms with Crippen LogP contribution < -0.4 is 5.32 Å². The van der Waals surface area contributed by atoms with Crippen LogP contribution in [0.1, 0.15) is 45.4 Å². The minimum atomic E-state index is 0.0532. The van der Waals surface area contributed by atoms with E-state index >= 15 is 0 Å². The van der Waals surface area contributed by atoms with Crippen molar-refractivity contribution in [1.29, 1.82) is 0 Å². The zero-order chi connectivity index (χ0) is 12.3. The van der Waals surface area contributed by atoms with Crippen LogP contribution in [0, 0.1) is 0 Å². The summed E-state index contributed by atoms with van der Waals surface area (Å²) >= 11 is 0. The smallest absolute Gasteiger partial charge is 0.221 e. The molecule has 4 heteroatoms. The van der Waals surface area contributed by atoms with E-state index in [0.717, 1.165) is 45.2 Å². The van der Waals surface area contributed by atoms with Gasteiger partial charge in [-0.15, -0.1) is 0 Å². The predicted molar refractivity (Wildman–Crippen MR) is 65.7 cm³/mol. The summed E-state index contributed by atoms with van der Waals surface area (Å²) < 4.78 is 0. The van der Waals surface area contributed by atoms with Gasteiger partial charge in [-0.3, -0.25) is 14.5 Å². The lowest BCUT2D eigenvalue weighted by Gasteiger charge is -2.33. The number of carbonyl (C=O) groups is 2. The summed E-state index contributed by atoms with van der Waals surface area (Å²) in [5, 5.41) is 2.99. The van der Waals surface area contributed by atoms with E-state index in [0.29, 0.717) is 12.5 Å². The van der Waals surface area contributed by atoms with Gasteiger partial charge >= 0.3 is 0 Å². The average Bonchev–Trinajstić information content (AvgIpc) is 3.10. The molecule has 1 aliphatic heterocycles. The molecular weight excluding hydrogens is 216 g/mol. The Morgan fingerprint density at radius 2 is 2.00 bits per heavy atom. The SMILES string of the molecule is CC(=O)C1CCCCN1CCC(=O)NC1CC1. The van der Waals surface area contributed by atoms with Crippen LogP contribution in [0.2, 0.25) is 0 Å². The van der Waals surface area contributed by atoms with Crippen molar-refractivity contribution in [2.24, 2.45) is 0 Å². The molecule has 0 aromatic carbocycles. The number of amides is 1. The van der Waals surface area contributed by atoms with Gasteiger partial charge in [0.1, 0.15) is 5.78 Å². The molecular formula is C13H22N2O2. The van der Waals surface area contributed by atoms with E-state index < -0.39 is 0 Å². The van der Waals surface area contributed by atoms with Gasteiger partial charge in [0.05, 0.1) is 6.04 Å². The highest BCUT2D eigenvalue weighted by Gasteiger charge is 2.27. The van der Waals surface area contributed by atoms with Gasteiger partial charge in [0.25, 0.3) is 0 Å². The first-order chi connectivity index (χ1) is 8.16. The highest BCUT2D eigenvalue weighted by molar-refractivity contribution is 5.81. The molecule has 2 fully saturated rings. The number of hydrogen-bond donors (Lipinski definition) is 1. The van der Waals surface area contributed by atoms with Crippen LogP contribution in [0.3, 0.4) is 0 Å². The molecule has 0 radical (unpaired) electrons. The van der Waals surface area contributed by atoms with Crippen LogP contribution in [0.15, 0.2) is 0 Å². The van der Waals surface area contributed by atoms with Crippen molar-refractivity contribution < 1.29 is 9.59 Å². The molecule has 1 amide bonds. The van der Waals surface area contributed by atoms with Crippen molar-refractivity contribution in [2.45, 2.75) is 57.5 Å². The minimum absolute atomic E-state index is 0.0532. The summed E-state index contributed by atoms with van der Waals surface area (Å²) in [6, 6.07) is 0.491. The second kappa shape index (κ2) is 5.63. The van der Waals surface area contributed by atoms with Gasteiger partial charge in [0.15, 0.2) is 0 Å². The Hall–Kier alpha value is -0.900. The van der Waals surface area contributed by atoms with Crippen LogP contribution in [-0.4, -0.2) is 41.8 Å². The Kier molecular flexibility index (Phi) is 4.15. The van der Waals surface area contributed by atoms with E-state index in [1.165, 1.54) is 0 Å². The molecule has 0 spiro atoms. The Morgan fingerprint density at radius 1 is 1.24 bits per heavy atom. The van der Waals surface area contributed by atoms with E-state index in [2.05, 4.69) is 10.2 Å². The Labute approximate surface area is 103 Å². The zero-order valence-electron chi connectivity index (χ0n) is 10.6. The first-order valence-electron chi connectivity index (χ1n) is 6.70. The molecule has 0 bridgehead atoms. The second-order valence-electron chi connectivity index (χ2n) is 5.25. The maximum absolute atomic E-state index is 11.6. The van der Waals surface area contributed by atoms with E-state index in [4.69, 9.17) is 0 Å². The van der Waals surface area contributed by atoms with Crippen molar-refractivity contribution in [1.82, 2.24) is 10.2 Å². The fourth-order valence-corrected chi connectivity index (χ4v) is 2.49. The minimum Gasteiger partial charge on any atom is -0.353 e. The van der Waals surface area contributed by atoms with E-state index in [1.54, 1.807) is 6.92 Å². The fraction of sp³-hybridized carbons (Fsp3) is 0.846. The molecule has 4 nitrogen and oxygen atoms in total. The number of hydrogen-bond acceptors (Lipinski definition) is 3. The molecule has 0 aromatic rings. The first kappa shape index (κ1) is 12.6. The van der Waals surface area contributed by atoms with Gasteiger partial charge in [0, 0.05) is 19.0 Å². The average molecular weight is 238 g/mol. The van der Waals surface area contributed by atoms with Crippen molar-refractivity contribution in [3.05, 3.63) is 0 Å². The van der Waals surface area contributed by atoms with Crippen LogP contribution in [-0.2, 0) is 9.59 Å². The van der Waals surface area contributed by atoms with Gasteiger partial charge in [-0.25, -0.2) is 0 Å². The van der Waals surface area contributed by atoms with Crippen molar-refractivity contribution in [3.63, 3.8) is 0 Å². The molecule has 1 saturated heterocycles. The lowest BCUT2D eigenvalue weighted by atomic mass is 9.99. The van der Waals surface area contributed by atoms with Gasteiger partial charge in [-0.2, -0.15) is 0 Å². The molecule has 96 valence electrons. The van der Waals surface area contributed by atoms with Gasteiger partial charge in [0.2, 0.25) is 5.91 Å². The number of carbonyl (C=O) groups excluding carboxylic acids is 2. The zero-order valence-corrected chi connectivity index (χ0v) is 10.6. The molecule has 1 saturated carbocycles. The third kappa shape index (κ3) is 3.80. The number of nitrogens with one attached hydrogen (secondary N) is 1. The standard InChI is InChI=1S/C13H22N2O2/c1-10(16)12-4-2-3-8-15(12)9-7-13(17)14-11-5-6-11/h11-12H,2-9H2,1H3,(H,14,17). The van der Waals surface area contributed by atoms with Gasteiger partial charge in [-0.1, -0.05) is 6.42 Å². The number of ketones is 1. The molecule has 1 heterocycles. The molecule has 2 rings (SSSR count). The van der Waals surface area contributed by atoms with E-state index in [-0.39, 0.29) is 17.7 Å². The summed E-state index contributed by atoms with van der Waals surface area (Å²) in [4.78, 5) is 25.3. The molecule has 1 atom stereocenters. The lowest BCUT2D eigenvalue weighted by Crippen LogP contribution is -2.45. The van der Waals surface area contributed by atoms with Crippen LogP contribution in [0.4, 0.5) is 0 Å². The molecule has 1 aliphatic carbocycles. The summed E-state index contributed by atoms with van der Waals surface area (Å²) in [7, 11) is 0. The monoisotopic (exact) mass is 238 g/mol. The third-order valence-electron chi connectivity index (χ3n) is 3.65. The maximum Gasteiger partial charge on any atom is 0.221 e. The number of piperidine rings is 1. The number of Topliss-reactive ketones (excluding diaryl/α,β-unsaturated/α-hetero) is 1. The number of nitrogens with zero attached hydrogens (tertiary/aromatic N) is 1. The molecule has 0 aromatic heterocycles. The van der Waals surface area contributed by atoms with Gasteiger partial charge < -0.3 is 5.32 Å². The normalized spacial score (nSPS) is 25.6. The van der Waals surface area contributed by atoms with Crippen LogP contribution in [0.25, 0.3) is 0 Å². The van der Waals surface area contributed by atoms with Crippen molar-refractivity contribution >= 4 is 11.7 Å². The Bertz CT molecular complexity index is 300. The van der Waals surface area contributed by atoms with Crippen LogP contribution >= 0.6 is 0 Å². The number of rotatable bonds is 5. The quantitative estimate of drug-likeness (QED) is 0.780. The number of likely N-dealkylation sites (tertiary alicyclic amines) is 1. The first-order valence-corrected chi connectivity index (χ1v) is 6.70. The third-order valence-corrected chi connectivity index (χ3v) is 3.65. The van der Waals surface area contributed by atoms with Crippen molar-refractivity contribution in [2.75, 3.05) is 13.1 Å². The molecule has 1 N–H and O–H groups in total. The van der Waals surface area contributed by atoms with E-state index in [9.17, 15) is 9.59 Å². The largest absolute Gasteiger partial charge is 0.353 e. The fourth-order valence-electron chi connectivity index (χ4n) is 2.49. The summed E-state index contributed by atoms with van der Waals surface area (Å²) in [5.41, 5.74) is 0. The summed E-state index contributed by atoms with van der Waals surface area (Å²) in [5.74, 6) is 0.382. The molecule has 17 heavy (non-hydrogen) atoms.